The summed E-state index contributed by atoms with van der Waals surface area (Å²) in [5, 5.41) is 17.8. The van der Waals surface area contributed by atoms with Crippen LogP contribution < -0.4 is 10.6 Å². The van der Waals surface area contributed by atoms with Crippen LogP contribution in [0.3, 0.4) is 0 Å². The molecule has 0 saturated carbocycles. The Hall–Kier alpha value is -3.86. The maximum atomic E-state index is 13.0. The van der Waals surface area contributed by atoms with Gasteiger partial charge >= 0.3 is 0 Å². The van der Waals surface area contributed by atoms with Gasteiger partial charge in [0.2, 0.25) is 0 Å². The molecule has 4 rings (SSSR count). The SMILES string of the molecule is O=C(Nc1cccc2ccc(O)cc12)c1ccccc1NCc1ccncc1. The van der Waals surface area contributed by atoms with E-state index in [0.717, 1.165) is 22.0 Å². The minimum Gasteiger partial charge on any atom is -0.508 e. The molecule has 0 bridgehead atoms. The highest BCUT2D eigenvalue weighted by molar-refractivity contribution is 6.11. The molecule has 1 amide bonds. The monoisotopic (exact) mass is 369 g/mol. The van der Waals surface area contributed by atoms with Crippen molar-refractivity contribution >= 4 is 28.1 Å². The van der Waals surface area contributed by atoms with Crippen molar-refractivity contribution in [3.63, 3.8) is 0 Å². The number of carbonyl (C=O) groups excluding carboxylic acids is 1. The number of phenols is 1. The summed E-state index contributed by atoms with van der Waals surface area (Å²) in [4.78, 5) is 17.0. The van der Waals surface area contributed by atoms with Gasteiger partial charge in [-0.3, -0.25) is 9.78 Å². The zero-order valence-electron chi connectivity index (χ0n) is 15.1. The van der Waals surface area contributed by atoms with Gasteiger partial charge in [-0.25, -0.2) is 0 Å². The predicted molar refractivity (Wildman–Crippen MR) is 112 cm³/mol. The zero-order chi connectivity index (χ0) is 19.3. The van der Waals surface area contributed by atoms with E-state index in [-0.39, 0.29) is 11.7 Å². The average molecular weight is 369 g/mol. The number of nitrogens with one attached hydrogen (secondary N) is 2. The quantitative estimate of drug-likeness (QED) is 0.472. The minimum absolute atomic E-state index is 0.161. The van der Waals surface area contributed by atoms with Crippen LogP contribution in [0, 0.1) is 0 Å². The summed E-state index contributed by atoms with van der Waals surface area (Å²) >= 11 is 0. The molecule has 1 heterocycles. The maximum absolute atomic E-state index is 13.0. The molecular weight excluding hydrogens is 350 g/mol. The lowest BCUT2D eigenvalue weighted by Gasteiger charge is -2.13. The number of hydrogen-bond acceptors (Lipinski definition) is 4. The van der Waals surface area contributed by atoms with Crippen molar-refractivity contribution in [2.45, 2.75) is 6.54 Å². The highest BCUT2D eigenvalue weighted by Crippen LogP contribution is 2.28. The number of benzene rings is 3. The third kappa shape index (κ3) is 3.78. The smallest absolute Gasteiger partial charge is 0.257 e. The van der Waals surface area contributed by atoms with Gasteiger partial charge < -0.3 is 15.7 Å². The van der Waals surface area contributed by atoms with E-state index in [1.807, 2.05) is 54.6 Å². The first-order valence-corrected chi connectivity index (χ1v) is 8.95. The van der Waals surface area contributed by atoms with E-state index < -0.39 is 0 Å². The molecule has 0 unspecified atom stereocenters. The predicted octanol–water partition coefficient (Wildman–Crippen LogP) is 4.80. The van der Waals surface area contributed by atoms with Crippen molar-refractivity contribution in [2.75, 3.05) is 10.6 Å². The van der Waals surface area contributed by atoms with Gasteiger partial charge in [-0.2, -0.15) is 0 Å². The Morgan fingerprint density at radius 3 is 2.54 bits per heavy atom. The summed E-state index contributed by atoms with van der Waals surface area (Å²) in [6, 6.07) is 22.0. The average Bonchev–Trinajstić information content (AvgIpc) is 2.73. The number of para-hydroxylation sites is 1. The van der Waals surface area contributed by atoms with Gasteiger partial charge in [0.1, 0.15) is 5.75 Å². The molecule has 4 aromatic rings. The number of aromatic nitrogens is 1. The first-order chi connectivity index (χ1) is 13.7. The fourth-order valence-electron chi connectivity index (χ4n) is 3.09. The van der Waals surface area contributed by atoms with Crippen LogP contribution in [0.25, 0.3) is 10.8 Å². The second kappa shape index (κ2) is 7.80. The van der Waals surface area contributed by atoms with Crippen LogP contribution in [-0.2, 0) is 6.54 Å². The Balaban J connectivity index is 1.58. The van der Waals surface area contributed by atoms with E-state index in [9.17, 15) is 9.90 Å². The molecule has 1 aromatic heterocycles. The van der Waals surface area contributed by atoms with Crippen LogP contribution in [0.2, 0.25) is 0 Å². The Kier molecular flexibility index (Phi) is 4.89. The van der Waals surface area contributed by atoms with Crippen LogP contribution in [0.4, 0.5) is 11.4 Å². The summed E-state index contributed by atoms with van der Waals surface area (Å²) < 4.78 is 0. The summed E-state index contributed by atoms with van der Waals surface area (Å²) in [5.41, 5.74) is 3.03. The van der Waals surface area contributed by atoms with Gasteiger partial charge in [-0.1, -0.05) is 30.3 Å². The van der Waals surface area contributed by atoms with Crippen LogP contribution in [0.15, 0.2) is 85.2 Å². The van der Waals surface area contributed by atoms with E-state index in [1.165, 1.54) is 0 Å². The number of fused-ring (bicyclic) bond motifs is 1. The maximum Gasteiger partial charge on any atom is 0.257 e. The van der Waals surface area contributed by atoms with Crippen molar-refractivity contribution < 1.29 is 9.90 Å². The van der Waals surface area contributed by atoms with E-state index >= 15 is 0 Å². The number of aromatic hydroxyl groups is 1. The molecule has 0 saturated heterocycles. The molecule has 3 N–H and O–H groups in total. The normalized spacial score (nSPS) is 10.6. The van der Waals surface area contributed by atoms with Crippen LogP contribution in [-0.4, -0.2) is 16.0 Å². The van der Waals surface area contributed by atoms with Gasteiger partial charge in [0.25, 0.3) is 5.91 Å². The summed E-state index contributed by atoms with van der Waals surface area (Å²) in [6.07, 6.45) is 3.48. The molecule has 0 spiro atoms. The fourth-order valence-corrected chi connectivity index (χ4v) is 3.09. The minimum atomic E-state index is -0.214. The molecule has 0 radical (unpaired) electrons. The molecule has 0 fully saturated rings. The number of phenolic OH excluding ortho intramolecular Hbond substituents is 1. The van der Waals surface area contributed by atoms with E-state index in [1.54, 1.807) is 30.6 Å². The largest absolute Gasteiger partial charge is 0.508 e. The standard InChI is InChI=1S/C23H19N3O2/c27-18-9-8-17-4-3-7-22(20(17)14-18)26-23(28)19-5-1-2-6-21(19)25-15-16-10-12-24-13-11-16/h1-14,25,27H,15H2,(H,26,28). The van der Waals surface area contributed by atoms with Gasteiger partial charge in [-0.05, 0) is 53.4 Å². The van der Waals surface area contributed by atoms with E-state index in [4.69, 9.17) is 0 Å². The van der Waals surface area contributed by atoms with Gasteiger partial charge in [-0.15, -0.1) is 0 Å². The molecule has 138 valence electrons. The van der Waals surface area contributed by atoms with Crippen LogP contribution in [0.5, 0.6) is 5.75 Å². The Morgan fingerprint density at radius 2 is 1.68 bits per heavy atom. The first-order valence-electron chi connectivity index (χ1n) is 8.95. The number of anilines is 2. The van der Waals surface area contributed by atoms with Crippen LogP contribution in [0.1, 0.15) is 15.9 Å². The van der Waals surface area contributed by atoms with Crippen molar-refractivity contribution in [3.05, 3.63) is 96.3 Å². The molecular formula is C23H19N3O2. The number of hydrogen-bond donors (Lipinski definition) is 3. The second-order valence-electron chi connectivity index (χ2n) is 6.42. The molecule has 0 aliphatic heterocycles. The number of rotatable bonds is 5. The van der Waals surface area contributed by atoms with E-state index in [2.05, 4.69) is 15.6 Å². The number of nitrogens with zero attached hydrogens (tertiary/aromatic N) is 1. The summed E-state index contributed by atoms with van der Waals surface area (Å²) in [5.74, 6) is -0.0534. The number of amides is 1. The molecule has 5 nitrogen and oxygen atoms in total. The summed E-state index contributed by atoms with van der Waals surface area (Å²) in [7, 11) is 0. The molecule has 0 atom stereocenters. The lowest BCUT2D eigenvalue weighted by molar-refractivity contribution is 0.102. The topological polar surface area (TPSA) is 74.2 Å². The molecule has 3 aromatic carbocycles. The van der Waals surface area contributed by atoms with Gasteiger partial charge in [0.05, 0.1) is 5.56 Å². The lowest BCUT2D eigenvalue weighted by Crippen LogP contribution is -2.15. The lowest BCUT2D eigenvalue weighted by atomic mass is 10.1. The van der Waals surface area contributed by atoms with Crippen molar-refractivity contribution in [1.29, 1.82) is 0 Å². The summed E-state index contributed by atoms with van der Waals surface area (Å²) in [6.45, 7) is 0.592. The van der Waals surface area contributed by atoms with Crippen molar-refractivity contribution in [1.82, 2.24) is 4.98 Å². The Bertz CT molecular complexity index is 1130. The number of carbonyl (C=O) groups is 1. The second-order valence-corrected chi connectivity index (χ2v) is 6.42. The molecule has 0 aliphatic carbocycles. The fraction of sp³-hybridized carbons (Fsp3) is 0.0435. The van der Waals surface area contributed by atoms with Gasteiger partial charge in [0, 0.05) is 35.7 Å². The Labute approximate surface area is 162 Å². The highest BCUT2D eigenvalue weighted by atomic mass is 16.3. The van der Waals surface area contributed by atoms with Gasteiger partial charge in [0.15, 0.2) is 0 Å². The zero-order valence-corrected chi connectivity index (χ0v) is 15.1. The van der Waals surface area contributed by atoms with Crippen molar-refractivity contribution in [2.24, 2.45) is 0 Å². The third-order valence-corrected chi connectivity index (χ3v) is 4.52. The molecule has 5 heteroatoms. The molecule has 28 heavy (non-hydrogen) atoms. The van der Waals surface area contributed by atoms with E-state index in [0.29, 0.717) is 17.8 Å². The first kappa shape index (κ1) is 17.5. The van der Waals surface area contributed by atoms with Crippen LogP contribution >= 0.6 is 0 Å². The third-order valence-electron chi connectivity index (χ3n) is 4.52. The number of pyridine rings is 1. The Morgan fingerprint density at radius 1 is 0.893 bits per heavy atom. The van der Waals surface area contributed by atoms with Crippen molar-refractivity contribution in [3.8, 4) is 5.75 Å². The molecule has 0 aliphatic rings. The highest BCUT2D eigenvalue weighted by Gasteiger charge is 2.13.